The van der Waals surface area contributed by atoms with Gasteiger partial charge in [0.25, 0.3) is 0 Å². The number of hydrogen-bond donors (Lipinski definition) is 3. The molecule has 1 unspecified atom stereocenters. The zero-order chi connectivity index (χ0) is 26.4. The van der Waals surface area contributed by atoms with E-state index in [1.807, 2.05) is 20.0 Å². The number of benzene rings is 1. The average molecular weight is 537 g/mol. The smallest absolute Gasteiger partial charge is 0.159 e. The number of nitrogens with one attached hydrogen (secondary N) is 2. The highest BCUT2D eigenvalue weighted by atomic mass is 35.5. The van der Waals surface area contributed by atoms with Crippen LogP contribution in [0.15, 0.2) is 12.3 Å². The van der Waals surface area contributed by atoms with Crippen LogP contribution < -0.4 is 10.2 Å². The van der Waals surface area contributed by atoms with E-state index in [9.17, 15) is 5.11 Å². The SMILES string of the molecule is Cc1cc2[nH]ncc2c(-c2c(N3CCC(CC(C)(C)O)CC34CCC4)nn(C3CC4(CNC4)C3)c2C)c1Cl. The number of aromatic nitrogens is 4. The van der Waals surface area contributed by atoms with Gasteiger partial charge in [0.05, 0.1) is 28.4 Å². The summed E-state index contributed by atoms with van der Waals surface area (Å²) >= 11 is 7.14. The molecule has 7 nitrogen and oxygen atoms in total. The molecule has 2 aromatic heterocycles. The number of aliphatic hydroxyl groups is 1. The van der Waals surface area contributed by atoms with Crippen LogP contribution in [0.4, 0.5) is 5.82 Å². The van der Waals surface area contributed by atoms with Crippen LogP contribution in [0.5, 0.6) is 0 Å². The maximum atomic E-state index is 10.6. The molecular weight excluding hydrogens is 496 g/mol. The first-order valence-corrected chi connectivity index (χ1v) is 14.9. The summed E-state index contributed by atoms with van der Waals surface area (Å²) in [4.78, 5) is 2.65. The summed E-state index contributed by atoms with van der Waals surface area (Å²) in [6.07, 6.45) is 11.0. The number of hydrogen-bond acceptors (Lipinski definition) is 5. The molecule has 1 atom stereocenters. The summed E-state index contributed by atoms with van der Waals surface area (Å²) in [6, 6.07) is 2.54. The first-order valence-electron chi connectivity index (χ1n) is 14.5. The first-order chi connectivity index (χ1) is 18.1. The number of anilines is 1. The molecule has 3 N–H and O–H groups in total. The molecule has 7 rings (SSSR count). The van der Waals surface area contributed by atoms with E-state index in [1.165, 1.54) is 43.4 Å². The predicted octanol–water partition coefficient (Wildman–Crippen LogP) is 5.92. The van der Waals surface area contributed by atoms with E-state index >= 15 is 0 Å². The van der Waals surface area contributed by atoms with Crippen molar-refractivity contribution in [3.63, 3.8) is 0 Å². The van der Waals surface area contributed by atoms with Crippen LogP contribution in [-0.2, 0) is 0 Å². The number of rotatable bonds is 5. The number of aryl methyl sites for hydroxylation is 1. The van der Waals surface area contributed by atoms with Crippen molar-refractivity contribution < 1.29 is 5.11 Å². The van der Waals surface area contributed by atoms with Crippen molar-refractivity contribution in [2.24, 2.45) is 11.3 Å². The average Bonchev–Trinajstić information content (AvgIpc) is 3.35. The van der Waals surface area contributed by atoms with Crippen LogP contribution in [0.25, 0.3) is 22.0 Å². The van der Waals surface area contributed by atoms with Gasteiger partial charge in [-0.1, -0.05) is 11.6 Å². The van der Waals surface area contributed by atoms with Gasteiger partial charge in [0.15, 0.2) is 5.82 Å². The zero-order valence-electron chi connectivity index (χ0n) is 23.2. The van der Waals surface area contributed by atoms with E-state index < -0.39 is 5.60 Å². The van der Waals surface area contributed by atoms with E-state index in [0.717, 1.165) is 71.8 Å². The number of nitrogens with zero attached hydrogens (tertiary/aromatic N) is 4. The molecule has 204 valence electrons. The standard InChI is InChI=1S/C30H41ClN6O/c1-18-10-23-22(15-33-34-23)25(26(18)31)24-19(2)37(21-13-29(14-21)16-32-17-29)35-27(24)36-9-6-20(11-28(3,4)38)12-30(36)7-5-8-30/h10,15,20-21,32,38H,5-9,11-14,16-17H2,1-4H3,(H,33,34). The Morgan fingerprint density at radius 1 is 1.16 bits per heavy atom. The van der Waals surface area contributed by atoms with Gasteiger partial charge in [0.2, 0.25) is 0 Å². The van der Waals surface area contributed by atoms with E-state index in [-0.39, 0.29) is 5.54 Å². The van der Waals surface area contributed by atoms with Crippen molar-refractivity contribution in [1.82, 2.24) is 25.3 Å². The quantitative estimate of drug-likeness (QED) is 0.377. The Bertz CT molecular complexity index is 1380. The molecule has 2 aliphatic heterocycles. The molecule has 4 fully saturated rings. The maximum absolute atomic E-state index is 10.6. The highest BCUT2D eigenvalue weighted by Gasteiger charge is 2.52. The van der Waals surface area contributed by atoms with Gasteiger partial charge in [0.1, 0.15) is 0 Å². The fourth-order valence-corrected chi connectivity index (χ4v) is 8.49. The Kier molecular flexibility index (Phi) is 5.54. The summed E-state index contributed by atoms with van der Waals surface area (Å²) in [5.74, 6) is 1.64. The lowest BCUT2D eigenvalue weighted by Gasteiger charge is -2.56. The van der Waals surface area contributed by atoms with E-state index in [2.05, 4.69) is 45.0 Å². The topological polar surface area (TPSA) is 82.0 Å². The molecule has 2 spiro atoms. The van der Waals surface area contributed by atoms with Crippen molar-refractivity contribution in [1.29, 1.82) is 0 Å². The van der Waals surface area contributed by atoms with Crippen molar-refractivity contribution >= 4 is 28.3 Å². The minimum atomic E-state index is -0.625. The van der Waals surface area contributed by atoms with E-state index in [1.54, 1.807) is 0 Å². The van der Waals surface area contributed by atoms with Crippen molar-refractivity contribution in [3.8, 4) is 11.1 Å². The molecule has 38 heavy (non-hydrogen) atoms. The summed E-state index contributed by atoms with van der Waals surface area (Å²) in [5.41, 5.74) is 5.53. The molecular formula is C30H41ClN6O. The van der Waals surface area contributed by atoms with Crippen molar-refractivity contribution in [2.75, 3.05) is 24.5 Å². The van der Waals surface area contributed by atoms with Gasteiger partial charge in [-0.25, -0.2) is 0 Å². The molecule has 2 saturated heterocycles. The third-order valence-electron chi connectivity index (χ3n) is 10.3. The summed E-state index contributed by atoms with van der Waals surface area (Å²) in [7, 11) is 0. The van der Waals surface area contributed by atoms with E-state index in [4.69, 9.17) is 16.7 Å². The molecule has 4 aliphatic rings. The first kappa shape index (κ1) is 24.9. The highest BCUT2D eigenvalue weighted by molar-refractivity contribution is 6.36. The van der Waals surface area contributed by atoms with Gasteiger partial charge in [0, 0.05) is 47.4 Å². The Morgan fingerprint density at radius 3 is 2.55 bits per heavy atom. The second-order valence-electron chi connectivity index (χ2n) is 13.7. The zero-order valence-corrected chi connectivity index (χ0v) is 24.0. The molecule has 0 bridgehead atoms. The van der Waals surface area contributed by atoms with Crippen LogP contribution in [-0.4, -0.2) is 55.9 Å². The molecule has 1 aromatic carbocycles. The Balaban J connectivity index is 1.35. The minimum Gasteiger partial charge on any atom is -0.390 e. The summed E-state index contributed by atoms with van der Waals surface area (Å²) < 4.78 is 2.34. The lowest BCUT2D eigenvalue weighted by molar-refractivity contribution is 0.00142. The van der Waals surface area contributed by atoms with Crippen LogP contribution in [0.2, 0.25) is 5.02 Å². The molecule has 3 aromatic rings. The van der Waals surface area contributed by atoms with Gasteiger partial charge in [-0.15, -0.1) is 0 Å². The normalized spacial score (nSPS) is 24.6. The van der Waals surface area contributed by atoms with Crippen molar-refractivity contribution in [2.45, 2.75) is 96.2 Å². The summed E-state index contributed by atoms with van der Waals surface area (Å²) in [5, 5.41) is 29.0. The van der Waals surface area contributed by atoms with Crippen LogP contribution in [0, 0.1) is 25.2 Å². The minimum absolute atomic E-state index is 0.124. The van der Waals surface area contributed by atoms with Gasteiger partial charge < -0.3 is 15.3 Å². The molecule has 2 saturated carbocycles. The second kappa shape index (κ2) is 8.45. The third-order valence-corrected chi connectivity index (χ3v) is 10.7. The van der Waals surface area contributed by atoms with E-state index in [0.29, 0.717) is 17.4 Å². The lowest BCUT2D eigenvalue weighted by atomic mass is 9.61. The molecule has 0 amide bonds. The number of H-pyrrole nitrogens is 1. The monoisotopic (exact) mass is 536 g/mol. The van der Waals surface area contributed by atoms with Crippen LogP contribution in [0.3, 0.4) is 0 Å². The van der Waals surface area contributed by atoms with Gasteiger partial charge in [-0.05, 0) is 102 Å². The third kappa shape index (κ3) is 3.75. The van der Waals surface area contributed by atoms with Gasteiger partial charge in [-0.2, -0.15) is 10.2 Å². The number of fused-ring (bicyclic) bond motifs is 1. The van der Waals surface area contributed by atoms with Crippen LogP contribution >= 0.6 is 11.6 Å². The molecule has 4 heterocycles. The fourth-order valence-electron chi connectivity index (χ4n) is 8.23. The number of aromatic amines is 1. The molecule has 8 heteroatoms. The number of piperidine rings is 1. The Hall–Kier alpha value is -2.09. The predicted molar refractivity (Wildman–Crippen MR) is 153 cm³/mol. The highest BCUT2D eigenvalue weighted by Crippen LogP contribution is 2.55. The number of halogens is 1. The van der Waals surface area contributed by atoms with Gasteiger partial charge >= 0.3 is 0 Å². The van der Waals surface area contributed by atoms with Crippen LogP contribution in [0.1, 0.15) is 82.5 Å². The Morgan fingerprint density at radius 2 is 1.92 bits per heavy atom. The molecule has 0 radical (unpaired) electrons. The second-order valence-corrected chi connectivity index (χ2v) is 14.1. The molecule has 2 aliphatic carbocycles. The van der Waals surface area contributed by atoms with Crippen molar-refractivity contribution in [3.05, 3.63) is 28.5 Å². The Labute approximate surface area is 230 Å². The lowest BCUT2D eigenvalue weighted by Crippen LogP contribution is -2.60. The fraction of sp³-hybridized carbons (Fsp3) is 0.667. The maximum Gasteiger partial charge on any atom is 0.159 e. The largest absolute Gasteiger partial charge is 0.390 e. The summed E-state index contributed by atoms with van der Waals surface area (Å²) in [6.45, 7) is 11.5. The van der Waals surface area contributed by atoms with Gasteiger partial charge in [-0.3, -0.25) is 9.78 Å².